The molecular weight excluding hydrogens is 274 g/mol. The molecule has 2 rings (SSSR count). The van der Waals surface area contributed by atoms with E-state index in [-0.39, 0.29) is 5.91 Å². The first-order valence-corrected chi connectivity index (χ1v) is 7.56. The summed E-state index contributed by atoms with van der Waals surface area (Å²) in [5.74, 6) is 0.113. The SMILES string of the molecule is CCCC1(O)CN(C(=O)CCc2ccc(C)c(Cl)c2)C1. The molecule has 0 aromatic heterocycles. The van der Waals surface area contributed by atoms with Gasteiger partial charge in [0, 0.05) is 11.4 Å². The number of aryl methyl sites for hydroxylation is 2. The Hall–Kier alpha value is -1.06. The van der Waals surface area contributed by atoms with Crippen LogP contribution in [0.5, 0.6) is 0 Å². The Morgan fingerprint density at radius 1 is 1.45 bits per heavy atom. The summed E-state index contributed by atoms with van der Waals surface area (Å²) in [6.45, 7) is 4.97. The van der Waals surface area contributed by atoms with E-state index in [1.54, 1.807) is 4.90 Å². The monoisotopic (exact) mass is 295 g/mol. The quantitative estimate of drug-likeness (QED) is 0.907. The van der Waals surface area contributed by atoms with Gasteiger partial charge in [-0.1, -0.05) is 37.1 Å². The van der Waals surface area contributed by atoms with Crippen LogP contribution in [0.3, 0.4) is 0 Å². The van der Waals surface area contributed by atoms with Crippen molar-refractivity contribution in [3.8, 4) is 0 Å². The predicted octanol–water partition coefficient (Wildman–Crippen LogP) is 2.95. The first-order valence-electron chi connectivity index (χ1n) is 7.19. The van der Waals surface area contributed by atoms with Crippen LogP contribution >= 0.6 is 11.6 Å². The maximum atomic E-state index is 12.0. The fourth-order valence-corrected chi connectivity index (χ4v) is 2.87. The first kappa shape index (κ1) is 15.3. The highest BCUT2D eigenvalue weighted by Gasteiger charge is 2.42. The van der Waals surface area contributed by atoms with E-state index in [4.69, 9.17) is 11.6 Å². The molecule has 1 N–H and O–H groups in total. The second-order valence-electron chi connectivity index (χ2n) is 5.81. The Morgan fingerprint density at radius 2 is 2.15 bits per heavy atom. The van der Waals surface area contributed by atoms with E-state index < -0.39 is 5.60 Å². The maximum Gasteiger partial charge on any atom is 0.223 e. The fourth-order valence-electron chi connectivity index (χ4n) is 2.67. The number of rotatable bonds is 5. The molecule has 3 nitrogen and oxygen atoms in total. The molecule has 0 spiro atoms. The summed E-state index contributed by atoms with van der Waals surface area (Å²) in [5, 5.41) is 10.8. The van der Waals surface area contributed by atoms with Gasteiger partial charge in [0.2, 0.25) is 5.91 Å². The van der Waals surface area contributed by atoms with E-state index in [0.29, 0.717) is 25.9 Å². The van der Waals surface area contributed by atoms with Crippen molar-refractivity contribution < 1.29 is 9.90 Å². The molecule has 1 fully saturated rings. The van der Waals surface area contributed by atoms with Crippen molar-refractivity contribution in [2.45, 2.75) is 45.1 Å². The summed E-state index contributed by atoms with van der Waals surface area (Å²) in [6.07, 6.45) is 2.88. The van der Waals surface area contributed by atoms with Crippen LogP contribution in [0, 0.1) is 6.92 Å². The van der Waals surface area contributed by atoms with Gasteiger partial charge >= 0.3 is 0 Å². The smallest absolute Gasteiger partial charge is 0.223 e. The molecule has 0 atom stereocenters. The van der Waals surface area contributed by atoms with E-state index in [9.17, 15) is 9.90 Å². The summed E-state index contributed by atoms with van der Waals surface area (Å²) in [6, 6.07) is 5.91. The van der Waals surface area contributed by atoms with Crippen LogP contribution in [0.25, 0.3) is 0 Å². The number of carbonyl (C=O) groups excluding carboxylic acids is 1. The number of aliphatic hydroxyl groups is 1. The highest BCUT2D eigenvalue weighted by molar-refractivity contribution is 6.31. The second-order valence-corrected chi connectivity index (χ2v) is 6.21. The predicted molar refractivity (Wildman–Crippen MR) is 80.9 cm³/mol. The largest absolute Gasteiger partial charge is 0.386 e. The van der Waals surface area contributed by atoms with Gasteiger partial charge in [0.05, 0.1) is 18.7 Å². The molecule has 1 aromatic rings. The molecule has 4 heteroatoms. The number of β-amino-alcohol motifs (C(OH)–C–C–N with tert-alkyl or cyclic N) is 1. The summed E-state index contributed by atoms with van der Waals surface area (Å²) < 4.78 is 0. The summed E-state index contributed by atoms with van der Waals surface area (Å²) >= 11 is 6.07. The number of carbonyl (C=O) groups is 1. The van der Waals surface area contributed by atoms with E-state index in [1.807, 2.05) is 32.0 Å². The van der Waals surface area contributed by atoms with Crippen molar-refractivity contribution in [3.05, 3.63) is 34.3 Å². The lowest BCUT2D eigenvalue weighted by atomic mass is 9.89. The summed E-state index contributed by atoms with van der Waals surface area (Å²) in [7, 11) is 0. The van der Waals surface area contributed by atoms with E-state index in [2.05, 4.69) is 0 Å². The van der Waals surface area contributed by atoms with Crippen molar-refractivity contribution >= 4 is 17.5 Å². The topological polar surface area (TPSA) is 40.5 Å². The highest BCUT2D eigenvalue weighted by Crippen LogP contribution is 2.26. The van der Waals surface area contributed by atoms with Gasteiger partial charge in [-0.2, -0.15) is 0 Å². The number of amides is 1. The molecule has 0 radical (unpaired) electrons. The van der Waals surface area contributed by atoms with Crippen molar-refractivity contribution in [2.75, 3.05) is 13.1 Å². The Labute approximate surface area is 125 Å². The molecule has 1 aromatic carbocycles. The molecule has 1 heterocycles. The third-order valence-corrected chi connectivity index (χ3v) is 4.31. The number of likely N-dealkylation sites (tertiary alicyclic amines) is 1. The summed E-state index contributed by atoms with van der Waals surface area (Å²) in [4.78, 5) is 13.8. The standard InChI is InChI=1S/C16H22ClNO2/c1-3-8-16(20)10-18(11-16)15(19)7-6-13-5-4-12(2)14(17)9-13/h4-5,9,20H,3,6-8,10-11H2,1-2H3. The lowest BCUT2D eigenvalue weighted by Gasteiger charge is -2.46. The van der Waals surface area contributed by atoms with Gasteiger partial charge in [-0.3, -0.25) is 4.79 Å². The minimum Gasteiger partial charge on any atom is -0.386 e. The minimum atomic E-state index is -0.641. The molecule has 1 amide bonds. The lowest BCUT2D eigenvalue weighted by Crippen LogP contribution is -2.63. The van der Waals surface area contributed by atoms with Crippen LogP contribution in [0.15, 0.2) is 18.2 Å². The normalized spacial score (nSPS) is 16.9. The van der Waals surface area contributed by atoms with Gasteiger partial charge in [0.25, 0.3) is 0 Å². The number of hydrogen-bond acceptors (Lipinski definition) is 2. The Balaban J connectivity index is 1.80. The number of hydrogen-bond donors (Lipinski definition) is 1. The van der Waals surface area contributed by atoms with Crippen molar-refractivity contribution in [1.82, 2.24) is 4.90 Å². The van der Waals surface area contributed by atoms with Crippen LogP contribution < -0.4 is 0 Å². The third kappa shape index (κ3) is 3.53. The Kier molecular flexibility index (Phi) is 4.71. The van der Waals surface area contributed by atoms with Crippen LogP contribution in [0.2, 0.25) is 5.02 Å². The maximum absolute atomic E-state index is 12.0. The zero-order chi connectivity index (χ0) is 14.8. The molecule has 0 saturated carbocycles. The van der Waals surface area contributed by atoms with Crippen molar-refractivity contribution in [1.29, 1.82) is 0 Å². The Morgan fingerprint density at radius 3 is 2.75 bits per heavy atom. The fraction of sp³-hybridized carbons (Fsp3) is 0.562. The van der Waals surface area contributed by atoms with E-state index in [1.165, 1.54) is 0 Å². The molecule has 1 saturated heterocycles. The van der Waals surface area contributed by atoms with Crippen molar-refractivity contribution in [3.63, 3.8) is 0 Å². The van der Waals surface area contributed by atoms with Crippen LogP contribution in [0.1, 0.15) is 37.3 Å². The van der Waals surface area contributed by atoms with Gasteiger partial charge in [0.1, 0.15) is 0 Å². The lowest BCUT2D eigenvalue weighted by molar-refractivity contribution is -0.156. The second kappa shape index (κ2) is 6.15. The average Bonchev–Trinajstić information content (AvgIpc) is 2.37. The van der Waals surface area contributed by atoms with Gasteiger partial charge in [-0.05, 0) is 37.0 Å². The molecular formula is C16H22ClNO2. The number of benzene rings is 1. The van der Waals surface area contributed by atoms with Crippen LogP contribution in [-0.4, -0.2) is 34.6 Å². The highest BCUT2D eigenvalue weighted by atomic mass is 35.5. The molecule has 0 aliphatic carbocycles. The molecule has 1 aliphatic rings. The zero-order valence-electron chi connectivity index (χ0n) is 12.2. The molecule has 0 bridgehead atoms. The van der Waals surface area contributed by atoms with Crippen LogP contribution in [-0.2, 0) is 11.2 Å². The molecule has 0 unspecified atom stereocenters. The number of halogens is 1. The van der Waals surface area contributed by atoms with Crippen LogP contribution in [0.4, 0.5) is 0 Å². The van der Waals surface area contributed by atoms with Gasteiger partial charge in [0.15, 0.2) is 0 Å². The first-order chi connectivity index (χ1) is 9.43. The van der Waals surface area contributed by atoms with E-state index >= 15 is 0 Å². The molecule has 110 valence electrons. The zero-order valence-corrected chi connectivity index (χ0v) is 12.9. The molecule has 1 aliphatic heterocycles. The molecule has 20 heavy (non-hydrogen) atoms. The minimum absolute atomic E-state index is 0.113. The van der Waals surface area contributed by atoms with Crippen molar-refractivity contribution in [2.24, 2.45) is 0 Å². The van der Waals surface area contributed by atoms with E-state index in [0.717, 1.165) is 29.0 Å². The number of nitrogens with zero attached hydrogens (tertiary/aromatic N) is 1. The average molecular weight is 296 g/mol. The summed E-state index contributed by atoms with van der Waals surface area (Å²) in [5.41, 5.74) is 1.49. The Bertz CT molecular complexity index is 495. The van der Waals surface area contributed by atoms with Gasteiger partial charge in [-0.15, -0.1) is 0 Å². The third-order valence-electron chi connectivity index (χ3n) is 3.90. The van der Waals surface area contributed by atoms with Gasteiger partial charge < -0.3 is 10.0 Å². The van der Waals surface area contributed by atoms with Gasteiger partial charge in [-0.25, -0.2) is 0 Å².